The number of carbonyl (C=O) groups is 4. The Morgan fingerprint density at radius 3 is 2.20 bits per heavy atom. The van der Waals surface area contributed by atoms with Crippen molar-refractivity contribution < 1.29 is 44.3 Å². The van der Waals surface area contributed by atoms with Crippen LogP contribution in [0, 0.1) is 0 Å². The van der Waals surface area contributed by atoms with E-state index in [-0.39, 0.29) is 5.97 Å². The van der Waals surface area contributed by atoms with Gasteiger partial charge in [0.15, 0.2) is 11.6 Å². The zero-order valence-corrected chi connectivity index (χ0v) is 15.7. The van der Waals surface area contributed by atoms with E-state index in [0.717, 1.165) is 16.8 Å². The maximum Gasteiger partial charge on any atom is 0.336 e. The topological polar surface area (TPSA) is 183 Å². The number of aliphatic carboxylic acids is 3. The molecule has 0 saturated carbocycles. The van der Waals surface area contributed by atoms with Gasteiger partial charge in [-0.2, -0.15) is 0 Å². The quantitative estimate of drug-likeness (QED) is 0.479. The van der Waals surface area contributed by atoms with E-state index in [0.29, 0.717) is 5.71 Å². The normalized spacial score (nSPS) is 16.1. The van der Waals surface area contributed by atoms with Crippen LogP contribution in [0.1, 0.15) is 18.4 Å². The number of allylic oxidation sites excluding steroid dienone is 1. The van der Waals surface area contributed by atoms with Gasteiger partial charge in [0.2, 0.25) is 0 Å². The average Bonchev–Trinajstić information content (AvgIpc) is 3.05. The van der Waals surface area contributed by atoms with Gasteiger partial charge in [-0.25, -0.2) is 14.6 Å². The molecular formula is C19H18N2O9. The molecule has 1 aromatic rings. The Morgan fingerprint density at radius 1 is 1.07 bits per heavy atom. The lowest BCUT2D eigenvalue weighted by molar-refractivity contribution is -0.170. The molecule has 30 heavy (non-hydrogen) atoms. The molecule has 3 rings (SSSR count). The minimum Gasteiger partial charge on any atom is -0.481 e. The number of carboxylic acids is 3. The number of ether oxygens (including phenoxy) is 1. The first kappa shape index (κ1) is 22.4. The molecule has 2 aliphatic heterocycles. The predicted octanol–water partition coefficient (Wildman–Crippen LogP) is 0.534. The van der Waals surface area contributed by atoms with Crippen molar-refractivity contribution in [1.82, 2.24) is 0 Å². The highest BCUT2D eigenvalue weighted by molar-refractivity contribution is 6.38. The third-order valence-corrected chi connectivity index (χ3v) is 4.16. The molecule has 0 aliphatic carbocycles. The first-order valence-corrected chi connectivity index (χ1v) is 8.48. The molecule has 0 saturated heterocycles. The molecule has 11 heteroatoms. The second-order valence-corrected chi connectivity index (χ2v) is 6.30. The molecule has 0 amide bonds. The number of rotatable bonds is 6. The number of esters is 1. The molecule has 2 heterocycles. The molecule has 0 radical (unpaired) electrons. The SMILES string of the molecule is COC(=O)C1N=CC=C2C1=Nc1ccccc12.O=C(O)CC(O)(CC(=O)O)C(=O)O. The van der Waals surface area contributed by atoms with E-state index >= 15 is 0 Å². The summed E-state index contributed by atoms with van der Waals surface area (Å²) in [7, 11) is 1.36. The lowest BCUT2D eigenvalue weighted by Gasteiger charge is -2.18. The Hall–Kier alpha value is -3.86. The zero-order chi connectivity index (χ0) is 22.5. The number of carboxylic acid groups (broad SMARTS) is 3. The van der Waals surface area contributed by atoms with Gasteiger partial charge < -0.3 is 25.2 Å². The third kappa shape index (κ3) is 4.94. The van der Waals surface area contributed by atoms with Crippen LogP contribution in [0.5, 0.6) is 0 Å². The fraction of sp³-hybridized carbons (Fsp3) is 0.263. The summed E-state index contributed by atoms with van der Waals surface area (Å²) >= 11 is 0. The summed E-state index contributed by atoms with van der Waals surface area (Å²) in [5.41, 5.74) is 0.833. The molecule has 2 aliphatic rings. The molecular weight excluding hydrogens is 400 g/mol. The van der Waals surface area contributed by atoms with Gasteiger partial charge in [-0.1, -0.05) is 18.2 Å². The molecule has 1 atom stereocenters. The summed E-state index contributed by atoms with van der Waals surface area (Å²) in [5, 5.41) is 33.8. The van der Waals surface area contributed by atoms with E-state index in [1.165, 1.54) is 7.11 Å². The number of methoxy groups -OCH3 is 1. The van der Waals surface area contributed by atoms with Gasteiger partial charge in [0.05, 0.1) is 31.4 Å². The van der Waals surface area contributed by atoms with Crippen LogP contribution >= 0.6 is 0 Å². The first-order chi connectivity index (χ1) is 14.1. The number of benzene rings is 1. The van der Waals surface area contributed by atoms with Gasteiger partial charge in [-0.3, -0.25) is 14.6 Å². The van der Waals surface area contributed by atoms with Crippen LogP contribution < -0.4 is 0 Å². The van der Waals surface area contributed by atoms with Crippen LogP contribution in [-0.2, 0) is 23.9 Å². The standard InChI is InChI=1S/C13H10N2O2.C6H8O7/c1-17-13(16)12-11-9(6-7-14-12)8-4-2-3-5-10(8)15-11;7-3(8)1-6(13,5(11)12)2-4(9)10/h2-7,12H,1H3;13H,1-2H2,(H,7,8)(H,9,10)(H,11,12). The van der Waals surface area contributed by atoms with Crippen LogP contribution in [-0.4, -0.2) is 75.0 Å². The number of aliphatic imine (C=N–C) groups is 2. The van der Waals surface area contributed by atoms with Gasteiger partial charge in [0, 0.05) is 17.4 Å². The third-order valence-electron chi connectivity index (χ3n) is 4.16. The highest BCUT2D eigenvalue weighted by atomic mass is 16.5. The summed E-state index contributed by atoms with van der Waals surface area (Å²) in [6.45, 7) is 0. The molecule has 11 nitrogen and oxygen atoms in total. The van der Waals surface area contributed by atoms with E-state index < -0.39 is 42.4 Å². The maximum absolute atomic E-state index is 11.6. The number of hydrogen-bond donors (Lipinski definition) is 4. The highest BCUT2D eigenvalue weighted by Crippen LogP contribution is 2.37. The lowest BCUT2D eigenvalue weighted by Crippen LogP contribution is -2.42. The summed E-state index contributed by atoms with van der Waals surface area (Å²) in [6.07, 6.45) is 1.23. The van der Waals surface area contributed by atoms with Crippen molar-refractivity contribution in [3.63, 3.8) is 0 Å². The van der Waals surface area contributed by atoms with E-state index in [1.54, 1.807) is 6.21 Å². The highest BCUT2D eigenvalue weighted by Gasteiger charge is 2.40. The summed E-state index contributed by atoms with van der Waals surface area (Å²) in [4.78, 5) is 50.7. The second-order valence-electron chi connectivity index (χ2n) is 6.30. The van der Waals surface area contributed by atoms with Crippen LogP contribution in [0.3, 0.4) is 0 Å². The summed E-state index contributed by atoms with van der Waals surface area (Å²) in [6, 6.07) is 7.17. The molecule has 4 N–H and O–H groups in total. The number of hydrogen-bond acceptors (Lipinski definition) is 8. The Bertz CT molecular complexity index is 962. The number of dihydropyridines is 1. The van der Waals surface area contributed by atoms with Crippen molar-refractivity contribution in [2.24, 2.45) is 9.98 Å². The van der Waals surface area contributed by atoms with Gasteiger partial charge in [0.25, 0.3) is 0 Å². The predicted molar refractivity (Wildman–Crippen MR) is 103 cm³/mol. The molecule has 0 aromatic heterocycles. The lowest BCUT2D eigenvalue weighted by atomic mass is 9.96. The van der Waals surface area contributed by atoms with Crippen molar-refractivity contribution >= 4 is 47.1 Å². The van der Waals surface area contributed by atoms with Crippen LogP contribution in [0.25, 0.3) is 5.57 Å². The Morgan fingerprint density at radius 2 is 1.67 bits per heavy atom. The van der Waals surface area contributed by atoms with E-state index in [2.05, 4.69) is 9.98 Å². The molecule has 0 spiro atoms. The minimum atomic E-state index is -2.74. The van der Waals surface area contributed by atoms with Crippen molar-refractivity contribution in [2.75, 3.05) is 7.11 Å². The molecule has 0 bridgehead atoms. The van der Waals surface area contributed by atoms with Gasteiger partial charge >= 0.3 is 23.9 Å². The monoisotopic (exact) mass is 418 g/mol. The number of carbonyl (C=O) groups excluding carboxylic acids is 1. The molecule has 0 fully saturated rings. The van der Waals surface area contributed by atoms with Crippen molar-refractivity contribution in [3.8, 4) is 0 Å². The van der Waals surface area contributed by atoms with Gasteiger partial charge in [0.1, 0.15) is 0 Å². The van der Waals surface area contributed by atoms with Crippen LogP contribution in [0.15, 0.2) is 40.3 Å². The van der Waals surface area contributed by atoms with E-state index in [9.17, 15) is 19.2 Å². The Balaban J connectivity index is 0.000000224. The first-order valence-electron chi connectivity index (χ1n) is 8.48. The summed E-state index contributed by atoms with van der Waals surface area (Å²) < 4.78 is 4.74. The molecule has 158 valence electrons. The van der Waals surface area contributed by atoms with Crippen LogP contribution in [0.4, 0.5) is 5.69 Å². The smallest absolute Gasteiger partial charge is 0.336 e. The van der Waals surface area contributed by atoms with Crippen molar-refractivity contribution in [3.05, 3.63) is 35.9 Å². The number of nitrogens with zero attached hydrogens (tertiary/aromatic N) is 2. The largest absolute Gasteiger partial charge is 0.481 e. The average molecular weight is 418 g/mol. The minimum absolute atomic E-state index is 0.376. The van der Waals surface area contributed by atoms with Gasteiger partial charge in [-0.05, 0) is 12.1 Å². The number of fused-ring (bicyclic) bond motifs is 3. The van der Waals surface area contributed by atoms with Crippen molar-refractivity contribution in [2.45, 2.75) is 24.5 Å². The van der Waals surface area contributed by atoms with Crippen LogP contribution in [0.2, 0.25) is 0 Å². The van der Waals surface area contributed by atoms with E-state index in [4.69, 9.17) is 25.2 Å². The summed E-state index contributed by atoms with van der Waals surface area (Å²) in [5.74, 6) is -5.40. The number of para-hydroxylation sites is 1. The Kier molecular flexibility index (Phi) is 6.80. The fourth-order valence-corrected chi connectivity index (χ4v) is 2.78. The second kappa shape index (κ2) is 9.09. The fourth-order valence-electron chi connectivity index (χ4n) is 2.78. The Labute approximate surface area is 169 Å². The zero-order valence-electron chi connectivity index (χ0n) is 15.7. The molecule has 1 aromatic carbocycles. The van der Waals surface area contributed by atoms with E-state index in [1.807, 2.05) is 30.3 Å². The van der Waals surface area contributed by atoms with Crippen molar-refractivity contribution in [1.29, 1.82) is 0 Å². The van der Waals surface area contributed by atoms with Gasteiger partial charge in [-0.15, -0.1) is 0 Å². The number of aliphatic hydroxyl groups is 1. The molecule has 1 unspecified atom stereocenters. The maximum atomic E-state index is 11.6.